The van der Waals surface area contributed by atoms with Crippen molar-refractivity contribution in [1.82, 2.24) is 5.32 Å². The van der Waals surface area contributed by atoms with Crippen molar-refractivity contribution in [3.8, 4) is 0 Å². The molecule has 0 aliphatic carbocycles. The molecule has 3 unspecified atom stereocenters. The van der Waals surface area contributed by atoms with Gasteiger partial charge in [-0.05, 0) is 57.8 Å². The number of unbranched alkanes of at least 4 members (excludes halogenated alkanes) is 34. The summed E-state index contributed by atoms with van der Waals surface area (Å²) in [6.07, 6.45) is 61.0. The maximum Gasteiger partial charge on any atom is 0.472 e. The van der Waals surface area contributed by atoms with E-state index < -0.39 is 20.0 Å². The zero-order chi connectivity index (χ0) is 47.8. The van der Waals surface area contributed by atoms with E-state index in [1.807, 2.05) is 27.2 Å². The SMILES string of the molecule is CCCCCCCCCC/C=C\CCCCCCCCCCCCCC(=O)NC(COP(=O)(O)OCC[N+](C)(C)C)C(O)/C=C/CC/C=C/CCCCCCCCCCCCCCCC. The molecule has 0 aliphatic heterocycles. The Bertz CT molecular complexity index is 1150. The van der Waals surface area contributed by atoms with Gasteiger partial charge >= 0.3 is 7.82 Å². The van der Waals surface area contributed by atoms with Gasteiger partial charge in [-0.1, -0.05) is 237 Å². The van der Waals surface area contributed by atoms with Gasteiger partial charge in [-0.3, -0.25) is 13.8 Å². The smallest absolute Gasteiger partial charge is 0.387 e. The molecule has 0 saturated carbocycles. The molecule has 0 aromatic rings. The zero-order valence-corrected chi connectivity index (χ0v) is 44.6. The number of hydrogen-bond donors (Lipinski definition) is 3. The third kappa shape index (κ3) is 50.4. The first-order valence-corrected chi connectivity index (χ1v) is 29.4. The van der Waals surface area contributed by atoms with Crippen LogP contribution in [0.2, 0.25) is 0 Å². The van der Waals surface area contributed by atoms with Crippen LogP contribution in [-0.2, 0) is 18.4 Å². The molecule has 65 heavy (non-hydrogen) atoms. The quantitative estimate of drug-likeness (QED) is 0.0243. The van der Waals surface area contributed by atoms with Gasteiger partial charge in [-0.25, -0.2) is 4.57 Å². The van der Waals surface area contributed by atoms with Crippen molar-refractivity contribution in [2.24, 2.45) is 0 Å². The molecule has 0 fully saturated rings. The molecule has 8 nitrogen and oxygen atoms in total. The first-order chi connectivity index (χ1) is 31.5. The van der Waals surface area contributed by atoms with Gasteiger partial charge in [-0.2, -0.15) is 0 Å². The van der Waals surface area contributed by atoms with E-state index in [2.05, 4.69) is 43.5 Å². The van der Waals surface area contributed by atoms with Gasteiger partial charge in [0.05, 0.1) is 39.9 Å². The number of aliphatic hydroxyl groups is 1. The van der Waals surface area contributed by atoms with Gasteiger partial charge in [0.2, 0.25) is 5.91 Å². The number of phosphoric acid groups is 1. The molecule has 0 aliphatic rings. The Kier molecular flexibility index (Phi) is 46.8. The second-order valence-electron chi connectivity index (χ2n) is 20.3. The second kappa shape index (κ2) is 47.8. The van der Waals surface area contributed by atoms with E-state index in [0.717, 1.165) is 38.5 Å². The number of quaternary nitrogens is 1. The number of phosphoric ester groups is 1. The number of likely N-dealkylation sites (N-methyl/N-ethyl adjacent to an activating group) is 1. The lowest BCUT2D eigenvalue weighted by Crippen LogP contribution is -2.45. The van der Waals surface area contributed by atoms with Crippen LogP contribution in [0.1, 0.15) is 264 Å². The third-order valence-corrected chi connectivity index (χ3v) is 13.6. The summed E-state index contributed by atoms with van der Waals surface area (Å²) < 4.78 is 23.7. The van der Waals surface area contributed by atoms with Crippen LogP contribution in [0.25, 0.3) is 0 Å². The predicted octanol–water partition coefficient (Wildman–Crippen LogP) is 16.6. The van der Waals surface area contributed by atoms with Crippen LogP contribution in [0.15, 0.2) is 36.5 Å². The van der Waals surface area contributed by atoms with Crippen molar-refractivity contribution in [2.45, 2.75) is 276 Å². The highest BCUT2D eigenvalue weighted by Gasteiger charge is 2.27. The van der Waals surface area contributed by atoms with Crippen LogP contribution in [0.3, 0.4) is 0 Å². The first-order valence-electron chi connectivity index (χ1n) is 27.9. The highest BCUT2D eigenvalue weighted by Crippen LogP contribution is 2.43. The van der Waals surface area contributed by atoms with Crippen molar-refractivity contribution < 1.29 is 32.9 Å². The highest BCUT2D eigenvalue weighted by atomic mass is 31.2. The zero-order valence-electron chi connectivity index (χ0n) is 43.7. The minimum Gasteiger partial charge on any atom is -0.387 e. The van der Waals surface area contributed by atoms with Gasteiger partial charge in [0, 0.05) is 6.42 Å². The monoisotopic (exact) mass is 938 g/mol. The second-order valence-corrected chi connectivity index (χ2v) is 21.8. The molecule has 0 saturated heterocycles. The van der Waals surface area contributed by atoms with Gasteiger partial charge < -0.3 is 19.8 Å². The molecular weight excluding hydrogens is 828 g/mol. The molecule has 0 spiro atoms. The summed E-state index contributed by atoms with van der Waals surface area (Å²) in [5.41, 5.74) is 0. The number of carbonyl (C=O) groups excluding carboxylic acids is 1. The summed E-state index contributed by atoms with van der Waals surface area (Å²) in [5, 5.41) is 13.9. The van der Waals surface area contributed by atoms with Crippen LogP contribution in [0.5, 0.6) is 0 Å². The molecule has 3 atom stereocenters. The Hall–Kier alpha value is -1.28. The van der Waals surface area contributed by atoms with Gasteiger partial charge in [0.15, 0.2) is 0 Å². The summed E-state index contributed by atoms with van der Waals surface area (Å²) in [5.74, 6) is -0.185. The van der Waals surface area contributed by atoms with Crippen LogP contribution in [0.4, 0.5) is 0 Å². The minimum atomic E-state index is -4.35. The Balaban J connectivity index is 4.27. The number of nitrogens with one attached hydrogen (secondary N) is 1. The van der Waals surface area contributed by atoms with Gasteiger partial charge in [0.1, 0.15) is 13.2 Å². The summed E-state index contributed by atoms with van der Waals surface area (Å²) in [4.78, 5) is 23.3. The van der Waals surface area contributed by atoms with E-state index in [4.69, 9.17) is 9.05 Å². The van der Waals surface area contributed by atoms with E-state index in [-0.39, 0.29) is 19.1 Å². The summed E-state index contributed by atoms with van der Waals surface area (Å²) in [7, 11) is 1.56. The fourth-order valence-corrected chi connectivity index (χ4v) is 8.91. The number of allylic oxidation sites excluding steroid dienone is 5. The Labute approximate surface area is 404 Å². The van der Waals surface area contributed by atoms with Crippen molar-refractivity contribution in [3.05, 3.63) is 36.5 Å². The molecule has 1 amide bonds. The summed E-state index contributed by atoms with van der Waals surface area (Å²) in [6.45, 7) is 4.82. The van der Waals surface area contributed by atoms with Crippen LogP contribution < -0.4 is 5.32 Å². The summed E-state index contributed by atoms with van der Waals surface area (Å²) >= 11 is 0. The number of hydrogen-bond acceptors (Lipinski definition) is 5. The molecule has 0 radical (unpaired) electrons. The Morgan fingerprint density at radius 2 is 0.846 bits per heavy atom. The van der Waals surface area contributed by atoms with E-state index in [0.29, 0.717) is 17.4 Å². The predicted molar refractivity (Wildman–Crippen MR) is 281 cm³/mol. The lowest BCUT2D eigenvalue weighted by atomic mass is 10.0. The molecule has 0 bridgehead atoms. The van der Waals surface area contributed by atoms with E-state index in [1.165, 1.54) is 205 Å². The molecule has 0 heterocycles. The van der Waals surface area contributed by atoms with Gasteiger partial charge in [0.25, 0.3) is 0 Å². The molecule has 3 N–H and O–H groups in total. The van der Waals surface area contributed by atoms with Crippen LogP contribution in [0, 0.1) is 0 Å². The van der Waals surface area contributed by atoms with E-state index in [1.54, 1.807) is 6.08 Å². The molecule has 0 rings (SSSR count). The van der Waals surface area contributed by atoms with Crippen LogP contribution in [-0.4, -0.2) is 73.4 Å². The molecule has 0 aromatic carbocycles. The normalized spacial score (nSPS) is 14.3. The average Bonchev–Trinajstić information content (AvgIpc) is 3.26. The number of nitrogens with zero attached hydrogens (tertiary/aromatic N) is 1. The topological polar surface area (TPSA) is 105 Å². The number of carbonyl (C=O) groups is 1. The average molecular weight is 938 g/mol. The molecule has 384 valence electrons. The standard InChI is InChI=1S/C56H109N2O6P/c1-6-8-10-12-14-16-18-20-22-24-26-28-29-30-32-34-36-38-40-42-44-46-48-50-56(60)57-54(53-64-65(61,62)63-52-51-58(3,4)5)55(59)49-47-45-43-41-39-37-35-33-31-27-25-23-21-19-17-15-13-11-9-7-2/h24,26,39,41,47,49,54-55,59H,6-23,25,27-38,40,42-46,48,50-53H2,1-5H3,(H-,57,60,61,62)/p+1/b26-24-,41-39+,49-47+. The van der Waals surface area contributed by atoms with Crippen molar-refractivity contribution in [1.29, 1.82) is 0 Å². The largest absolute Gasteiger partial charge is 0.472 e. The lowest BCUT2D eigenvalue weighted by molar-refractivity contribution is -0.870. The minimum absolute atomic E-state index is 0.0568. The number of rotatable bonds is 51. The lowest BCUT2D eigenvalue weighted by Gasteiger charge is -2.25. The third-order valence-electron chi connectivity index (χ3n) is 12.6. The maximum atomic E-state index is 13.0. The Morgan fingerprint density at radius 1 is 0.508 bits per heavy atom. The molecular formula is C56H110N2O6P+. The maximum absolute atomic E-state index is 13.0. The van der Waals surface area contributed by atoms with Crippen LogP contribution >= 0.6 is 7.82 Å². The van der Waals surface area contributed by atoms with Crippen molar-refractivity contribution in [2.75, 3.05) is 40.9 Å². The molecule has 9 heteroatoms. The Morgan fingerprint density at radius 3 is 1.23 bits per heavy atom. The number of aliphatic hydroxyl groups excluding tert-OH is 1. The summed E-state index contributed by atoms with van der Waals surface area (Å²) in [6, 6.07) is -0.863. The molecule has 0 aromatic heterocycles. The van der Waals surface area contributed by atoms with Crippen molar-refractivity contribution in [3.63, 3.8) is 0 Å². The van der Waals surface area contributed by atoms with E-state index >= 15 is 0 Å². The van der Waals surface area contributed by atoms with Gasteiger partial charge in [-0.15, -0.1) is 0 Å². The number of amides is 1. The van der Waals surface area contributed by atoms with Crippen molar-refractivity contribution >= 4 is 13.7 Å². The first kappa shape index (κ1) is 63.7. The fourth-order valence-electron chi connectivity index (χ4n) is 8.17. The fraction of sp³-hybridized carbons (Fsp3) is 0.875. The highest BCUT2D eigenvalue weighted by molar-refractivity contribution is 7.47. The van der Waals surface area contributed by atoms with E-state index in [9.17, 15) is 19.4 Å².